The standard InChI is InChI=1S/C25H29N9O3S2/c1-17-12-19(15-27)30-25(29-17)33-8-10-34(11-9-33)38-20-5-7-23(28-16-20)31-24(35)21-13-18(14-26)4-6-22(21)32(2)39(3,36)37/h4-7,12-13,16H,8-11,14,26H2,1-3H3,(H,28,31,35). The second-order valence-corrected chi connectivity index (χ2v) is 12.1. The van der Waals surface area contributed by atoms with Gasteiger partial charge in [-0.1, -0.05) is 6.07 Å². The van der Waals surface area contributed by atoms with E-state index in [4.69, 9.17) is 5.73 Å². The molecule has 1 amide bonds. The molecule has 4 rings (SSSR count). The number of nitriles is 1. The number of piperazine rings is 1. The molecule has 0 bridgehead atoms. The molecule has 1 saturated heterocycles. The van der Waals surface area contributed by atoms with Crippen LogP contribution in [-0.2, 0) is 16.6 Å². The second kappa shape index (κ2) is 12.0. The van der Waals surface area contributed by atoms with Crippen molar-refractivity contribution in [3.05, 3.63) is 65.1 Å². The molecule has 3 aromatic rings. The molecule has 1 aliphatic heterocycles. The van der Waals surface area contributed by atoms with Gasteiger partial charge in [0.2, 0.25) is 16.0 Å². The number of sulfonamides is 1. The lowest BCUT2D eigenvalue weighted by Gasteiger charge is -2.33. The van der Waals surface area contributed by atoms with Crippen molar-refractivity contribution in [3.8, 4) is 6.07 Å². The van der Waals surface area contributed by atoms with Crippen molar-refractivity contribution in [2.45, 2.75) is 18.4 Å². The van der Waals surface area contributed by atoms with Crippen LogP contribution in [0.25, 0.3) is 0 Å². The Hall–Kier alpha value is -3.77. The summed E-state index contributed by atoms with van der Waals surface area (Å²) < 4.78 is 27.4. The number of aryl methyl sites for hydroxylation is 1. The van der Waals surface area contributed by atoms with E-state index in [0.29, 0.717) is 23.0 Å². The fourth-order valence-corrected chi connectivity index (χ4v) is 5.31. The number of hydrogen-bond donors (Lipinski definition) is 2. The molecular weight excluding hydrogens is 538 g/mol. The molecule has 14 heteroatoms. The minimum absolute atomic E-state index is 0.184. The topological polar surface area (TPSA) is 161 Å². The Balaban J connectivity index is 1.38. The van der Waals surface area contributed by atoms with E-state index in [1.165, 1.54) is 7.05 Å². The van der Waals surface area contributed by atoms with Gasteiger partial charge in [0.1, 0.15) is 17.6 Å². The number of pyridine rings is 1. The van der Waals surface area contributed by atoms with Gasteiger partial charge in [-0.15, -0.1) is 0 Å². The molecule has 39 heavy (non-hydrogen) atoms. The van der Waals surface area contributed by atoms with E-state index in [9.17, 15) is 18.5 Å². The zero-order valence-corrected chi connectivity index (χ0v) is 23.5. The number of rotatable bonds is 8. The van der Waals surface area contributed by atoms with Crippen LogP contribution in [0.1, 0.15) is 27.3 Å². The summed E-state index contributed by atoms with van der Waals surface area (Å²) in [5.41, 5.74) is 7.98. The number of carbonyl (C=O) groups is 1. The van der Waals surface area contributed by atoms with Gasteiger partial charge >= 0.3 is 0 Å². The van der Waals surface area contributed by atoms with Crippen LogP contribution in [0.3, 0.4) is 0 Å². The van der Waals surface area contributed by atoms with Crippen molar-refractivity contribution >= 4 is 45.3 Å². The predicted octanol–water partition coefficient (Wildman–Crippen LogP) is 1.99. The van der Waals surface area contributed by atoms with Crippen LogP contribution >= 0.6 is 11.9 Å². The van der Waals surface area contributed by atoms with Crippen LogP contribution in [-0.4, -0.2) is 73.1 Å². The van der Waals surface area contributed by atoms with Gasteiger partial charge in [0.15, 0.2) is 0 Å². The molecule has 12 nitrogen and oxygen atoms in total. The Kier molecular flexibility index (Phi) is 8.66. The van der Waals surface area contributed by atoms with Gasteiger partial charge in [-0.2, -0.15) is 5.26 Å². The van der Waals surface area contributed by atoms with Crippen LogP contribution in [0.15, 0.2) is 47.5 Å². The quantitative estimate of drug-likeness (QED) is 0.383. The number of nitrogens with zero attached hydrogens (tertiary/aromatic N) is 7. The number of carbonyl (C=O) groups excluding carboxylic acids is 1. The highest BCUT2D eigenvalue weighted by Crippen LogP contribution is 2.27. The van der Waals surface area contributed by atoms with Crippen molar-refractivity contribution in [1.82, 2.24) is 19.3 Å². The van der Waals surface area contributed by atoms with Gasteiger partial charge in [0, 0.05) is 56.6 Å². The summed E-state index contributed by atoms with van der Waals surface area (Å²) in [5, 5.41) is 11.9. The maximum absolute atomic E-state index is 13.1. The molecular formula is C25H29N9O3S2. The van der Waals surface area contributed by atoms with Crippen LogP contribution in [0, 0.1) is 18.3 Å². The molecule has 0 unspecified atom stereocenters. The Bertz CT molecular complexity index is 1500. The third-order valence-corrected chi connectivity index (χ3v) is 8.34. The molecule has 0 aliphatic carbocycles. The van der Waals surface area contributed by atoms with Crippen molar-refractivity contribution in [3.63, 3.8) is 0 Å². The Labute approximate surface area is 232 Å². The molecule has 0 atom stereocenters. The average molecular weight is 568 g/mol. The minimum Gasteiger partial charge on any atom is -0.338 e. The predicted molar refractivity (Wildman–Crippen MR) is 151 cm³/mol. The summed E-state index contributed by atoms with van der Waals surface area (Å²) in [6.07, 6.45) is 2.75. The average Bonchev–Trinajstić information content (AvgIpc) is 2.92. The summed E-state index contributed by atoms with van der Waals surface area (Å²) in [5.74, 6) is 0.420. The largest absolute Gasteiger partial charge is 0.338 e. The van der Waals surface area contributed by atoms with Crippen molar-refractivity contribution in [2.24, 2.45) is 5.73 Å². The van der Waals surface area contributed by atoms with E-state index >= 15 is 0 Å². The van der Waals surface area contributed by atoms with Crippen LogP contribution < -0.4 is 20.3 Å². The third-order valence-electron chi connectivity index (χ3n) is 6.07. The summed E-state index contributed by atoms with van der Waals surface area (Å²) in [6, 6.07) is 12.1. The van der Waals surface area contributed by atoms with Gasteiger partial charge in [0.05, 0.1) is 17.5 Å². The van der Waals surface area contributed by atoms with Gasteiger partial charge in [-0.3, -0.25) is 9.10 Å². The smallest absolute Gasteiger partial charge is 0.258 e. The van der Waals surface area contributed by atoms with Crippen LogP contribution in [0.2, 0.25) is 0 Å². The molecule has 3 heterocycles. The fraction of sp³-hybridized carbons (Fsp3) is 0.320. The number of amides is 1. The number of anilines is 3. The molecule has 2 aromatic heterocycles. The molecule has 0 saturated carbocycles. The number of benzene rings is 1. The van der Waals surface area contributed by atoms with Crippen LogP contribution in [0.5, 0.6) is 0 Å². The summed E-state index contributed by atoms with van der Waals surface area (Å²) in [6.45, 7) is 5.01. The van der Waals surface area contributed by atoms with E-state index < -0.39 is 15.9 Å². The van der Waals surface area contributed by atoms with Gasteiger partial charge < -0.3 is 16.0 Å². The van der Waals surface area contributed by atoms with Crippen LogP contribution in [0.4, 0.5) is 17.5 Å². The fourth-order valence-electron chi connectivity index (χ4n) is 3.92. The maximum atomic E-state index is 13.1. The van der Waals surface area contributed by atoms with Crippen molar-refractivity contribution in [1.29, 1.82) is 5.26 Å². The van der Waals surface area contributed by atoms with Gasteiger partial charge in [-0.05, 0) is 54.8 Å². The van der Waals surface area contributed by atoms with E-state index in [1.54, 1.807) is 48.5 Å². The van der Waals surface area contributed by atoms with Gasteiger partial charge in [0.25, 0.3) is 5.91 Å². The van der Waals surface area contributed by atoms with E-state index in [1.807, 2.05) is 13.0 Å². The molecule has 0 spiro atoms. The summed E-state index contributed by atoms with van der Waals surface area (Å²) >= 11 is 1.56. The summed E-state index contributed by atoms with van der Waals surface area (Å²) in [7, 11) is -2.18. The third kappa shape index (κ3) is 7.01. The molecule has 1 aliphatic rings. The lowest BCUT2D eigenvalue weighted by atomic mass is 10.1. The lowest BCUT2D eigenvalue weighted by Crippen LogP contribution is -2.44. The zero-order chi connectivity index (χ0) is 28.2. The van der Waals surface area contributed by atoms with E-state index in [2.05, 4.69) is 35.5 Å². The number of hydrogen-bond acceptors (Lipinski definition) is 11. The first-order valence-corrected chi connectivity index (χ1v) is 14.7. The van der Waals surface area contributed by atoms with E-state index in [0.717, 1.165) is 47.3 Å². The van der Waals surface area contributed by atoms with Gasteiger partial charge in [-0.25, -0.2) is 27.7 Å². The van der Waals surface area contributed by atoms with Crippen molar-refractivity contribution < 1.29 is 13.2 Å². The second-order valence-electron chi connectivity index (χ2n) is 8.93. The molecule has 0 radical (unpaired) electrons. The monoisotopic (exact) mass is 567 g/mol. The maximum Gasteiger partial charge on any atom is 0.258 e. The highest BCUT2D eigenvalue weighted by Gasteiger charge is 2.22. The number of nitrogens with one attached hydrogen (secondary N) is 1. The molecule has 3 N–H and O–H groups in total. The first-order valence-electron chi connectivity index (χ1n) is 12.1. The first kappa shape index (κ1) is 28.2. The number of nitrogens with two attached hydrogens (primary N) is 1. The number of aromatic nitrogens is 3. The van der Waals surface area contributed by atoms with Crippen molar-refractivity contribution in [2.75, 3.05) is 54.0 Å². The highest BCUT2D eigenvalue weighted by atomic mass is 32.2. The molecule has 1 aromatic carbocycles. The Morgan fingerprint density at radius 1 is 1.18 bits per heavy atom. The molecule has 204 valence electrons. The normalized spacial score (nSPS) is 14.1. The Morgan fingerprint density at radius 3 is 2.54 bits per heavy atom. The Morgan fingerprint density at radius 2 is 1.92 bits per heavy atom. The SMILES string of the molecule is Cc1cc(C#N)nc(N2CCN(Sc3ccc(NC(=O)c4cc(CN)ccc4N(C)S(C)(=O)=O)nc3)CC2)n1. The minimum atomic E-state index is -3.57. The highest BCUT2D eigenvalue weighted by molar-refractivity contribution is 7.97. The summed E-state index contributed by atoms with van der Waals surface area (Å²) in [4.78, 5) is 29.2. The first-order chi connectivity index (χ1) is 18.6. The van der Waals surface area contributed by atoms with E-state index in [-0.39, 0.29) is 17.8 Å². The molecule has 1 fully saturated rings. The zero-order valence-electron chi connectivity index (χ0n) is 21.8. The lowest BCUT2D eigenvalue weighted by molar-refractivity contribution is 0.102.